The van der Waals surface area contributed by atoms with Gasteiger partial charge in [0.15, 0.2) is 5.84 Å². The number of methoxy groups -OCH3 is 1. The maximum atomic E-state index is 8.68. The number of oxime groups is 1. The Balaban J connectivity index is 2.79. The molecule has 0 heterocycles. The lowest BCUT2D eigenvalue weighted by Crippen LogP contribution is -2.13. The van der Waals surface area contributed by atoms with E-state index >= 15 is 0 Å². The van der Waals surface area contributed by atoms with Crippen molar-refractivity contribution in [3.63, 3.8) is 0 Å². The molecule has 0 saturated heterocycles. The molecular formula is C13H20N2O2S. The van der Waals surface area contributed by atoms with Gasteiger partial charge in [-0.1, -0.05) is 18.5 Å². The summed E-state index contributed by atoms with van der Waals surface area (Å²) in [5.41, 5.74) is 7.37. The summed E-state index contributed by atoms with van der Waals surface area (Å²) in [6.07, 6.45) is 2.42. The Morgan fingerprint density at radius 1 is 1.50 bits per heavy atom. The Hall–Kier alpha value is -1.36. The molecule has 0 bridgehead atoms. The second-order valence-electron chi connectivity index (χ2n) is 3.92. The predicted octanol–water partition coefficient (Wildman–Crippen LogP) is 2.82. The Morgan fingerprint density at radius 3 is 2.89 bits per heavy atom. The molecule has 0 aliphatic rings. The molecule has 0 aromatic heterocycles. The highest BCUT2D eigenvalue weighted by Gasteiger charge is 2.07. The summed E-state index contributed by atoms with van der Waals surface area (Å²) in [7, 11) is 1.65. The SMILES string of the molecule is CCCCSCc1cc(/C(N)=N/O)ccc1OC. The minimum Gasteiger partial charge on any atom is -0.496 e. The van der Waals surface area contributed by atoms with Gasteiger partial charge in [-0.05, 0) is 30.4 Å². The molecule has 1 aromatic rings. The molecule has 5 heteroatoms. The molecule has 18 heavy (non-hydrogen) atoms. The van der Waals surface area contributed by atoms with Gasteiger partial charge >= 0.3 is 0 Å². The number of hydrogen-bond donors (Lipinski definition) is 2. The summed E-state index contributed by atoms with van der Waals surface area (Å²) in [5.74, 6) is 2.97. The zero-order chi connectivity index (χ0) is 13.4. The average molecular weight is 268 g/mol. The minimum atomic E-state index is 0.123. The molecule has 0 amide bonds. The van der Waals surface area contributed by atoms with Crippen LogP contribution in [0, 0.1) is 0 Å². The monoisotopic (exact) mass is 268 g/mol. The van der Waals surface area contributed by atoms with E-state index in [0.29, 0.717) is 5.56 Å². The molecule has 0 saturated carbocycles. The predicted molar refractivity (Wildman–Crippen MR) is 76.6 cm³/mol. The molecule has 0 fully saturated rings. The van der Waals surface area contributed by atoms with Crippen molar-refractivity contribution in [2.24, 2.45) is 10.9 Å². The van der Waals surface area contributed by atoms with Gasteiger partial charge in [0.2, 0.25) is 0 Å². The van der Waals surface area contributed by atoms with Crippen molar-refractivity contribution in [1.29, 1.82) is 0 Å². The van der Waals surface area contributed by atoms with E-state index in [-0.39, 0.29) is 5.84 Å². The number of amidine groups is 1. The number of nitrogens with zero attached hydrogens (tertiary/aromatic N) is 1. The third-order valence-electron chi connectivity index (χ3n) is 2.58. The zero-order valence-electron chi connectivity index (χ0n) is 10.8. The molecule has 1 rings (SSSR count). The number of thioether (sulfide) groups is 1. The first kappa shape index (κ1) is 14.7. The zero-order valence-corrected chi connectivity index (χ0v) is 11.7. The summed E-state index contributed by atoms with van der Waals surface area (Å²) in [6, 6.07) is 5.55. The second-order valence-corrected chi connectivity index (χ2v) is 5.02. The minimum absolute atomic E-state index is 0.123. The average Bonchev–Trinajstić information content (AvgIpc) is 2.42. The van der Waals surface area contributed by atoms with Gasteiger partial charge in [0.1, 0.15) is 5.75 Å². The standard InChI is InChI=1S/C13H20N2O2S/c1-3-4-7-18-9-11-8-10(13(14)15-16)5-6-12(11)17-2/h5-6,8,16H,3-4,7,9H2,1-2H3,(H2,14,15). The maximum absolute atomic E-state index is 8.68. The summed E-state index contributed by atoms with van der Waals surface area (Å²) >= 11 is 1.87. The number of benzene rings is 1. The van der Waals surface area contributed by atoms with Crippen LogP contribution in [0.3, 0.4) is 0 Å². The topological polar surface area (TPSA) is 67.8 Å². The van der Waals surface area contributed by atoms with E-state index in [0.717, 1.165) is 22.8 Å². The van der Waals surface area contributed by atoms with Crippen LogP contribution in [0.15, 0.2) is 23.4 Å². The van der Waals surface area contributed by atoms with Crippen LogP contribution in [0.25, 0.3) is 0 Å². The number of nitrogens with two attached hydrogens (primary N) is 1. The molecule has 0 spiro atoms. The molecule has 0 atom stereocenters. The lowest BCUT2D eigenvalue weighted by molar-refractivity contribution is 0.318. The largest absolute Gasteiger partial charge is 0.496 e. The Bertz CT molecular complexity index is 408. The second kappa shape index (κ2) is 7.87. The molecule has 0 unspecified atom stereocenters. The van der Waals surface area contributed by atoms with Crippen LogP contribution in [-0.4, -0.2) is 23.9 Å². The molecular weight excluding hydrogens is 248 g/mol. The van der Waals surface area contributed by atoms with Crippen molar-refractivity contribution in [1.82, 2.24) is 0 Å². The number of hydrogen-bond acceptors (Lipinski definition) is 4. The molecule has 0 radical (unpaired) electrons. The first-order chi connectivity index (χ1) is 8.72. The van der Waals surface area contributed by atoms with E-state index in [1.54, 1.807) is 13.2 Å². The highest BCUT2D eigenvalue weighted by atomic mass is 32.2. The fourth-order valence-electron chi connectivity index (χ4n) is 1.54. The Kier molecular flexibility index (Phi) is 6.43. The highest BCUT2D eigenvalue weighted by Crippen LogP contribution is 2.25. The van der Waals surface area contributed by atoms with Crippen molar-refractivity contribution < 1.29 is 9.94 Å². The Morgan fingerprint density at radius 2 is 2.28 bits per heavy atom. The van der Waals surface area contributed by atoms with Crippen LogP contribution in [0.5, 0.6) is 5.75 Å². The molecule has 0 aliphatic heterocycles. The molecule has 3 N–H and O–H groups in total. The summed E-state index contributed by atoms with van der Waals surface area (Å²) in [6.45, 7) is 2.18. The van der Waals surface area contributed by atoms with Crippen LogP contribution in [0.1, 0.15) is 30.9 Å². The van der Waals surface area contributed by atoms with Crippen LogP contribution in [0.4, 0.5) is 0 Å². The van der Waals surface area contributed by atoms with Gasteiger partial charge in [-0.25, -0.2) is 0 Å². The van der Waals surface area contributed by atoms with E-state index < -0.39 is 0 Å². The maximum Gasteiger partial charge on any atom is 0.170 e. The molecule has 0 aliphatic carbocycles. The van der Waals surface area contributed by atoms with Gasteiger partial charge < -0.3 is 15.7 Å². The van der Waals surface area contributed by atoms with E-state index in [1.165, 1.54) is 12.8 Å². The van der Waals surface area contributed by atoms with E-state index in [9.17, 15) is 0 Å². The van der Waals surface area contributed by atoms with E-state index in [1.807, 2.05) is 23.9 Å². The van der Waals surface area contributed by atoms with Crippen LogP contribution >= 0.6 is 11.8 Å². The molecule has 4 nitrogen and oxygen atoms in total. The van der Waals surface area contributed by atoms with Crippen molar-refractivity contribution >= 4 is 17.6 Å². The van der Waals surface area contributed by atoms with E-state index in [2.05, 4.69) is 12.1 Å². The summed E-state index contributed by atoms with van der Waals surface area (Å²) in [4.78, 5) is 0. The van der Waals surface area contributed by atoms with Crippen LogP contribution < -0.4 is 10.5 Å². The number of unbranched alkanes of at least 4 members (excludes halogenated alkanes) is 1. The summed E-state index contributed by atoms with van der Waals surface area (Å²) < 4.78 is 5.31. The van der Waals surface area contributed by atoms with Crippen molar-refractivity contribution in [3.05, 3.63) is 29.3 Å². The van der Waals surface area contributed by atoms with Gasteiger partial charge in [-0.3, -0.25) is 0 Å². The third kappa shape index (κ3) is 4.14. The first-order valence-corrected chi connectivity index (χ1v) is 7.11. The fraction of sp³-hybridized carbons (Fsp3) is 0.462. The van der Waals surface area contributed by atoms with Gasteiger partial charge in [-0.2, -0.15) is 11.8 Å². The summed E-state index contributed by atoms with van der Waals surface area (Å²) in [5, 5.41) is 11.7. The Labute approximate surface area is 112 Å². The van der Waals surface area contributed by atoms with E-state index in [4.69, 9.17) is 15.7 Å². The van der Waals surface area contributed by atoms with Crippen molar-refractivity contribution in [3.8, 4) is 5.75 Å². The highest BCUT2D eigenvalue weighted by molar-refractivity contribution is 7.98. The van der Waals surface area contributed by atoms with Crippen molar-refractivity contribution in [2.75, 3.05) is 12.9 Å². The van der Waals surface area contributed by atoms with Gasteiger partial charge in [0.05, 0.1) is 7.11 Å². The van der Waals surface area contributed by atoms with Gasteiger partial charge in [0.25, 0.3) is 0 Å². The molecule has 100 valence electrons. The fourth-order valence-corrected chi connectivity index (χ4v) is 2.62. The van der Waals surface area contributed by atoms with Gasteiger partial charge in [0, 0.05) is 16.9 Å². The van der Waals surface area contributed by atoms with Crippen molar-refractivity contribution in [2.45, 2.75) is 25.5 Å². The van der Waals surface area contributed by atoms with Gasteiger partial charge in [-0.15, -0.1) is 0 Å². The smallest absolute Gasteiger partial charge is 0.170 e. The molecule has 1 aromatic carbocycles. The lowest BCUT2D eigenvalue weighted by Gasteiger charge is -2.10. The first-order valence-electron chi connectivity index (χ1n) is 5.95. The third-order valence-corrected chi connectivity index (χ3v) is 3.68. The number of rotatable bonds is 7. The lowest BCUT2D eigenvalue weighted by atomic mass is 10.1. The quantitative estimate of drug-likeness (QED) is 0.262. The van der Waals surface area contributed by atoms with Crippen LogP contribution in [-0.2, 0) is 5.75 Å². The van der Waals surface area contributed by atoms with Crippen LogP contribution in [0.2, 0.25) is 0 Å². The number of ether oxygens (including phenoxy) is 1. The normalized spacial score (nSPS) is 11.6.